The number of nitrogens with one attached hydrogen (secondary N) is 1. The Hall–Kier alpha value is -3.54. The van der Waals surface area contributed by atoms with Gasteiger partial charge in [-0.3, -0.25) is 4.79 Å². The van der Waals surface area contributed by atoms with Gasteiger partial charge in [0, 0.05) is 11.6 Å². The third-order valence-corrected chi connectivity index (χ3v) is 5.63. The molecule has 0 fully saturated rings. The molecule has 1 N–H and O–H groups in total. The number of esters is 1. The Bertz CT molecular complexity index is 1200. The summed E-state index contributed by atoms with van der Waals surface area (Å²) in [6, 6.07) is 13.7. The average molecular weight is 391 g/mol. The second kappa shape index (κ2) is 6.24. The van der Waals surface area contributed by atoms with Gasteiger partial charge >= 0.3 is 5.97 Å². The predicted molar refractivity (Wildman–Crippen MR) is 101 cm³/mol. The van der Waals surface area contributed by atoms with Crippen molar-refractivity contribution in [2.45, 2.75) is 12.0 Å². The summed E-state index contributed by atoms with van der Waals surface area (Å²) in [7, 11) is 1.31. The van der Waals surface area contributed by atoms with Crippen LogP contribution in [0, 0.1) is 11.6 Å². The molecule has 3 aromatic carbocycles. The van der Waals surface area contributed by atoms with E-state index < -0.39 is 23.5 Å². The number of rotatable bonds is 2. The van der Waals surface area contributed by atoms with Crippen molar-refractivity contribution in [3.8, 4) is 11.1 Å². The van der Waals surface area contributed by atoms with Crippen LogP contribution < -0.4 is 5.32 Å². The van der Waals surface area contributed by atoms with E-state index in [1.807, 2.05) is 12.1 Å². The van der Waals surface area contributed by atoms with Crippen LogP contribution in [0.3, 0.4) is 0 Å². The van der Waals surface area contributed by atoms with Crippen LogP contribution in [0.1, 0.15) is 44.6 Å². The van der Waals surface area contributed by atoms with Crippen molar-refractivity contribution in [2.75, 3.05) is 7.11 Å². The van der Waals surface area contributed by atoms with Gasteiger partial charge in [-0.25, -0.2) is 13.6 Å². The molecular weight excluding hydrogens is 376 g/mol. The molecule has 6 rings (SSSR count). The first-order valence-electron chi connectivity index (χ1n) is 9.09. The first kappa shape index (κ1) is 17.6. The number of carbonyl (C=O) groups is 2. The van der Waals surface area contributed by atoms with Crippen LogP contribution in [0.25, 0.3) is 11.1 Å². The minimum absolute atomic E-state index is 0.172. The number of methoxy groups -OCH3 is 1. The minimum atomic E-state index is -0.663. The second-order valence-electron chi connectivity index (χ2n) is 7.18. The number of carbonyl (C=O) groups excluding carboxylic acids is 2. The molecule has 1 aliphatic carbocycles. The van der Waals surface area contributed by atoms with Crippen LogP contribution in [0.2, 0.25) is 0 Å². The molecule has 1 amide bonds. The van der Waals surface area contributed by atoms with Gasteiger partial charge in [0.2, 0.25) is 5.91 Å². The predicted octanol–water partition coefficient (Wildman–Crippen LogP) is 4.08. The smallest absolute Gasteiger partial charge is 0.337 e. The molecule has 0 spiro atoms. The fraction of sp³-hybridized carbons (Fsp3) is 0.130. The Morgan fingerprint density at radius 1 is 0.931 bits per heavy atom. The molecule has 0 radical (unpaired) electrons. The van der Waals surface area contributed by atoms with Gasteiger partial charge in [0.1, 0.15) is 11.6 Å². The SMILES string of the molecule is COC(=O)c1ccc2c(c1)C1C(=O)NC2c2ccc(-c3ccc(F)cc3F)cc21. The van der Waals surface area contributed by atoms with Gasteiger partial charge in [-0.2, -0.15) is 0 Å². The topological polar surface area (TPSA) is 55.4 Å². The van der Waals surface area contributed by atoms with Crippen LogP contribution in [-0.2, 0) is 9.53 Å². The number of ether oxygens (including phenoxy) is 1. The highest BCUT2D eigenvalue weighted by atomic mass is 19.1. The molecule has 2 unspecified atom stereocenters. The number of amides is 1. The van der Waals surface area contributed by atoms with Crippen LogP contribution in [0.4, 0.5) is 8.78 Å². The summed E-state index contributed by atoms with van der Waals surface area (Å²) in [5.74, 6) is -2.57. The van der Waals surface area contributed by atoms with Crippen molar-refractivity contribution in [1.82, 2.24) is 5.32 Å². The molecular formula is C23H15F2NO3. The van der Waals surface area contributed by atoms with Crippen molar-refractivity contribution >= 4 is 11.9 Å². The molecule has 0 saturated heterocycles. The van der Waals surface area contributed by atoms with Gasteiger partial charge in [0.15, 0.2) is 0 Å². The summed E-state index contributed by atoms with van der Waals surface area (Å²) < 4.78 is 32.4. The first-order chi connectivity index (χ1) is 14.0. The summed E-state index contributed by atoms with van der Waals surface area (Å²) in [5, 5.41) is 2.99. The monoisotopic (exact) mass is 391 g/mol. The minimum Gasteiger partial charge on any atom is -0.465 e. The highest BCUT2D eigenvalue weighted by molar-refractivity contribution is 5.96. The standard InChI is InChI=1S/C23H15F2NO3/c1-29-23(28)12-3-6-16-18(9-12)20-17-8-11(14-7-4-13(24)10-19(14)25)2-5-15(17)21(16)26-22(20)27/h2-10,20-21H,1H3,(H,26,27). The van der Waals surface area contributed by atoms with E-state index in [1.165, 1.54) is 19.2 Å². The van der Waals surface area contributed by atoms with Gasteiger partial charge in [-0.05, 0) is 58.1 Å². The van der Waals surface area contributed by atoms with E-state index in [-0.39, 0.29) is 17.5 Å². The number of hydrogen-bond acceptors (Lipinski definition) is 3. The molecule has 2 heterocycles. The average Bonchev–Trinajstić information content (AvgIpc) is 2.72. The second-order valence-corrected chi connectivity index (χ2v) is 7.18. The van der Waals surface area contributed by atoms with E-state index in [2.05, 4.69) is 5.32 Å². The molecule has 3 aliphatic rings. The molecule has 144 valence electrons. The van der Waals surface area contributed by atoms with Crippen molar-refractivity contribution in [1.29, 1.82) is 0 Å². The van der Waals surface area contributed by atoms with E-state index in [4.69, 9.17) is 4.74 Å². The van der Waals surface area contributed by atoms with Gasteiger partial charge in [-0.1, -0.05) is 18.2 Å². The van der Waals surface area contributed by atoms with Crippen molar-refractivity contribution < 1.29 is 23.1 Å². The van der Waals surface area contributed by atoms with E-state index >= 15 is 0 Å². The molecule has 3 aromatic rings. The molecule has 2 aliphatic heterocycles. The van der Waals surface area contributed by atoms with Crippen LogP contribution in [0.5, 0.6) is 0 Å². The van der Waals surface area contributed by atoms with Gasteiger partial charge in [0.25, 0.3) is 0 Å². The van der Waals surface area contributed by atoms with Crippen LogP contribution >= 0.6 is 0 Å². The zero-order valence-electron chi connectivity index (χ0n) is 15.3. The molecule has 0 saturated carbocycles. The quantitative estimate of drug-likeness (QED) is 0.670. The Balaban J connectivity index is 1.67. The number of benzene rings is 3. The fourth-order valence-corrected chi connectivity index (χ4v) is 4.31. The molecule has 2 bridgehead atoms. The van der Waals surface area contributed by atoms with Gasteiger partial charge < -0.3 is 10.1 Å². The Morgan fingerprint density at radius 2 is 1.66 bits per heavy atom. The third-order valence-electron chi connectivity index (χ3n) is 5.63. The zero-order valence-corrected chi connectivity index (χ0v) is 15.3. The van der Waals surface area contributed by atoms with E-state index in [1.54, 1.807) is 24.3 Å². The highest BCUT2D eigenvalue weighted by Crippen LogP contribution is 2.47. The lowest BCUT2D eigenvalue weighted by Gasteiger charge is -2.40. The van der Waals surface area contributed by atoms with Crippen molar-refractivity contribution in [2.24, 2.45) is 0 Å². The van der Waals surface area contributed by atoms with Crippen molar-refractivity contribution in [3.63, 3.8) is 0 Å². The normalized spacial score (nSPS) is 18.7. The maximum atomic E-state index is 14.3. The number of halogens is 2. The lowest BCUT2D eigenvalue weighted by atomic mass is 9.70. The molecule has 2 atom stereocenters. The highest BCUT2D eigenvalue weighted by Gasteiger charge is 2.43. The Labute approximate surface area is 165 Å². The Morgan fingerprint density at radius 3 is 2.38 bits per heavy atom. The number of hydrogen-bond donors (Lipinski definition) is 1. The largest absolute Gasteiger partial charge is 0.465 e. The summed E-state index contributed by atoms with van der Waals surface area (Å²) >= 11 is 0. The van der Waals surface area contributed by atoms with E-state index in [0.29, 0.717) is 11.1 Å². The molecule has 29 heavy (non-hydrogen) atoms. The third kappa shape index (κ3) is 2.56. The van der Waals surface area contributed by atoms with Crippen LogP contribution in [0.15, 0.2) is 54.6 Å². The number of fused-ring (bicyclic) bond motifs is 1. The summed E-state index contributed by atoms with van der Waals surface area (Å²) in [6.45, 7) is 0. The Kier molecular flexibility index (Phi) is 3.77. The lowest BCUT2D eigenvalue weighted by molar-refractivity contribution is -0.123. The van der Waals surface area contributed by atoms with Gasteiger partial charge in [0.05, 0.1) is 24.6 Å². The summed E-state index contributed by atoms with van der Waals surface area (Å²) in [6.07, 6.45) is 0. The van der Waals surface area contributed by atoms with E-state index in [0.717, 1.165) is 28.3 Å². The van der Waals surface area contributed by atoms with E-state index in [9.17, 15) is 18.4 Å². The maximum Gasteiger partial charge on any atom is 0.337 e. The fourth-order valence-electron chi connectivity index (χ4n) is 4.31. The summed E-state index contributed by atoms with van der Waals surface area (Å²) in [4.78, 5) is 24.7. The lowest BCUT2D eigenvalue weighted by Crippen LogP contribution is -2.44. The maximum absolute atomic E-state index is 14.3. The molecule has 6 heteroatoms. The molecule has 4 nitrogen and oxygen atoms in total. The van der Waals surface area contributed by atoms with Crippen LogP contribution in [-0.4, -0.2) is 19.0 Å². The summed E-state index contributed by atoms with van der Waals surface area (Å²) in [5.41, 5.74) is 4.55. The zero-order chi connectivity index (χ0) is 20.3. The van der Waals surface area contributed by atoms with Gasteiger partial charge in [-0.15, -0.1) is 0 Å². The van der Waals surface area contributed by atoms with Crippen molar-refractivity contribution in [3.05, 3.63) is 94.0 Å². The first-order valence-corrected chi connectivity index (χ1v) is 9.09. The molecule has 0 aromatic heterocycles.